The van der Waals surface area contributed by atoms with Gasteiger partial charge in [0.1, 0.15) is 15.9 Å². The van der Waals surface area contributed by atoms with Crippen LogP contribution in [-0.4, -0.2) is 67.7 Å². The van der Waals surface area contributed by atoms with Gasteiger partial charge in [0.2, 0.25) is 11.8 Å². The van der Waals surface area contributed by atoms with Gasteiger partial charge in [-0.3, -0.25) is 9.59 Å². The quantitative estimate of drug-likeness (QED) is 0.679. The minimum atomic E-state index is -3.11. The first-order chi connectivity index (χ1) is 8.38. The molecule has 0 aliphatic carbocycles. The first-order valence-electron chi connectivity index (χ1n) is 6.14. The highest BCUT2D eigenvalue weighted by Crippen LogP contribution is 2.22. The number of piperazine rings is 1. The van der Waals surface area contributed by atoms with Crippen molar-refractivity contribution in [2.24, 2.45) is 0 Å². The fourth-order valence-corrected chi connectivity index (χ4v) is 3.05. The molecule has 0 aromatic heterocycles. The molecule has 0 spiro atoms. The molecular formula is C11H18N2O4S. The number of hydrogen-bond acceptors (Lipinski definition) is 4. The third-order valence-corrected chi connectivity index (χ3v) is 4.40. The summed E-state index contributed by atoms with van der Waals surface area (Å²) in [4.78, 5) is 27.1. The van der Waals surface area contributed by atoms with Gasteiger partial charge in [0.05, 0.1) is 12.3 Å². The first kappa shape index (κ1) is 13.3. The Morgan fingerprint density at radius 1 is 1.28 bits per heavy atom. The van der Waals surface area contributed by atoms with Crippen LogP contribution in [0.5, 0.6) is 0 Å². The lowest BCUT2D eigenvalue weighted by Gasteiger charge is -2.42. The third-order valence-electron chi connectivity index (χ3n) is 3.48. The molecule has 0 saturated carbocycles. The van der Waals surface area contributed by atoms with E-state index in [9.17, 15) is 18.0 Å². The van der Waals surface area contributed by atoms with E-state index in [2.05, 4.69) is 0 Å². The molecule has 1 unspecified atom stereocenters. The predicted molar refractivity (Wildman–Crippen MR) is 65.6 cm³/mol. The minimum Gasteiger partial charge on any atom is -0.331 e. The van der Waals surface area contributed by atoms with Crippen molar-refractivity contribution < 1.29 is 18.0 Å². The summed E-state index contributed by atoms with van der Waals surface area (Å²) in [6.45, 7) is 0.785. The lowest BCUT2D eigenvalue weighted by atomic mass is 9.98. The van der Waals surface area contributed by atoms with Gasteiger partial charge in [0.25, 0.3) is 0 Å². The summed E-state index contributed by atoms with van der Waals surface area (Å²) < 4.78 is 22.2. The summed E-state index contributed by atoms with van der Waals surface area (Å²) in [5, 5.41) is 0. The highest BCUT2D eigenvalue weighted by atomic mass is 32.2. The molecule has 2 rings (SSSR count). The number of amides is 2. The number of fused-ring (bicyclic) bond motifs is 1. The van der Waals surface area contributed by atoms with E-state index in [1.807, 2.05) is 0 Å². The highest BCUT2D eigenvalue weighted by Gasteiger charge is 2.40. The molecule has 0 N–H and O–H groups in total. The zero-order chi connectivity index (χ0) is 13.3. The van der Waals surface area contributed by atoms with Crippen LogP contribution in [0, 0.1) is 0 Å². The fraction of sp³-hybridized carbons (Fsp3) is 0.818. The van der Waals surface area contributed by atoms with Crippen molar-refractivity contribution in [2.75, 3.05) is 31.6 Å². The topological polar surface area (TPSA) is 74.8 Å². The van der Waals surface area contributed by atoms with Gasteiger partial charge in [-0.2, -0.15) is 0 Å². The van der Waals surface area contributed by atoms with Gasteiger partial charge in [-0.1, -0.05) is 0 Å². The second kappa shape index (κ2) is 4.87. The zero-order valence-electron chi connectivity index (χ0n) is 10.5. The van der Waals surface area contributed by atoms with Gasteiger partial charge >= 0.3 is 0 Å². The maximum Gasteiger partial charge on any atom is 0.245 e. The number of carbonyl (C=O) groups excluding carboxylic acids is 2. The highest BCUT2D eigenvalue weighted by molar-refractivity contribution is 7.90. The molecule has 2 heterocycles. The average molecular weight is 274 g/mol. The summed E-state index contributed by atoms with van der Waals surface area (Å²) in [5.41, 5.74) is 0. The van der Waals surface area contributed by atoms with E-state index in [0.29, 0.717) is 13.0 Å². The molecule has 102 valence electrons. The van der Waals surface area contributed by atoms with Crippen LogP contribution in [0.4, 0.5) is 0 Å². The molecule has 0 aromatic rings. The monoisotopic (exact) mass is 274 g/mol. The van der Waals surface area contributed by atoms with Crippen LogP contribution in [-0.2, 0) is 19.4 Å². The van der Waals surface area contributed by atoms with Crippen LogP contribution in [0.25, 0.3) is 0 Å². The van der Waals surface area contributed by atoms with Gasteiger partial charge in [-0.25, -0.2) is 8.42 Å². The number of rotatable bonds is 3. The molecule has 0 bridgehead atoms. The van der Waals surface area contributed by atoms with Crippen LogP contribution in [0.2, 0.25) is 0 Å². The number of hydrogen-bond donors (Lipinski definition) is 0. The molecule has 0 aromatic carbocycles. The lowest BCUT2D eigenvalue weighted by molar-refractivity contribution is -0.157. The normalized spacial score (nSPS) is 25.3. The second-order valence-corrected chi connectivity index (χ2v) is 7.25. The maximum absolute atomic E-state index is 12.2. The molecule has 2 aliphatic rings. The Hall–Kier alpha value is -1.11. The summed E-state index contributed by atoms with van der Waals surface area (Å²) >= 11 is 0. The van der Waals surface area contributed by atoms with E-state index in [0.717, 1.165) is 19.1 Å². The molecule has 1 atom stereocenters. The van der Waals surface area contributed by atoms with E-state index in [1.54, 1.807) is 4.90 Å². The fourth-order valence-electron chi connectivity index (χ4n) is 2.49. The number of piperidine rings is 1. The average Bonchev–Trinajstić information content (AvgIpc) is 2.31. The van der Waals surface area contributed by atoms with Crippen molar-refractivity contribution in [2.45, 2.75) is 25.3 Å². The third kappa shape index (κ3) is 2.82. The Balaban J connectivity index is 2.05. The first-order valence-corrected chi connectivity index (χ1v) is 8.20. The SMILES string of the molecule is CS(=O)(=O)CCN1CC(=O)N2CCCCC2C1=O. The molecule has 6 nitrogen and oxygen atoms in total. The lowest BCUT2D eigenvalue weighted by Crippen LogP contribution is -2.61. The number of sulfone groups is 1. The molecule has 2 aliphatic heterocycles. The molecular weight excluding hydrogens is 256 g/mol. The molecule has 7 heteroatoms. The van der Waals surface area contributed by atoms with Crippen LogP contribution in [0.1, 0.15) is 19.3 Å². The Morgan fingerprint density at radius 2 is 2.00 bits per heavy atom. The Bertz CT molecular complexity index is 460. The largest absolute Gasteiger partial charge is 0.331 e. The van der Waals surface area contributed by atoms with Crippen LogP contribution in [0.3, 0.4) is 0 Å². The number of carbonyl (C=O) groups is 2. The van der Waals surface area contributed by atoms with Crippen molar-refractivity contribution in [1.29, 1.82) is 0 Å². The van der Waals surface area contributed by atoms with Crippen LogP contribution < -0.4 is 0 Å². The molecule has 0 radical (unpaired) electrons. The van der Waals surface area contributed by atoms with Gasteiger partial charge in [-0.05, 0) is 19.3 Å². The second-order valence-electron chi connectivity index (χ2n) is 4.99. The zero-order valence-corrected chi connectivity index (χ0v) is 11.3. The van der Waals surface area contributed by atoms with Crippen molar-refractivity contribution in [3.63, 3.8) is 0 Å². The predicted octanol–water partition coefficient (Wildman–Crippen LogP) is -0.746. The Morgan fingerprint density at radius 3 is 2.67 bits per heavy atom. The smallest absolute Gasteiger partial charge is 0.245 e. The Labute approximate surface area is 107 Å². The maximum atomic E-state index is 12.2. The van der Waals surface area contributed by atoms with Crippen molar-refractivity contribution >= 4 is 21.7 Å². The van der Waals surface area contributed by atoms with E-state index in [1.165, 1.54) is 4.90 Å². The van der Waals surface area contributed by atoms with Crippen LogP contribution >= 0.6 is 0 Å². The van der Waals surface area contributed by atoms with Crippen LogP contribution in [0.15, 0.2) is 0 Å². The summed E-state index contributed by atoms with van der Waals surface area (Å²) in [5.74, 6) is -0.246. The molecule has 18 heavy (non-hydrogen) atoms. The van der Waals surface area contributed by atoms with Gasteiger partial charge in [0, 0.05) is 19.3 Å². The van der Waals surface area contributed by atoms with Crippen molar-refractivity contribution in [3.8, 4) is 0 Å². The summed E-state index contributed by atoms with van der Waals surface area (Å²) in [6.07, 6.45) is 3.72. The number of nitrogens with zero attached hydrogens (tertiary/aromatic N) is 2. The standard InChI is InChI=1S/C11H18N2O4S/c1-18(16,17)7-6-12-8-10(14)13-5-3-2-4-9(13)11(12)15/h9H,2-8H2,1H3. The van der Waals surface area contributed by atoms with Crippen molar-refractivity contribution in [1.82, 2.24) is 9.80 Å². The molecule has 2 amide bonds. The van der Waals surface area contributed by atoms with E-state index in [-0.39, 0.29) is 36.7 Å². The molecule has 2 saturated heterocycles. The molecule has 2 fully saturated rings. The van der Waals surface area contributed by atoms with Gasteiger partial charge in [-0.15, -0.1) is 0 Å². The van der Waals surface area contributed by atoms with Gasteiger partial charge < -0.3 is 9.80 Å². The van der Waals surface area contributed by atoms with E-state index in [4.69, 9.17) is 0 Å². The summed E-state index contributed by atoms with van der Waals surface area (Å²) in [6, 6.07) is -0.362. The van der Waals surface area contributed by atoms with Gasteiger partial charge in [0.15, 0.2) is 0 Å². The Kier molecular flexibility index (Phi) is 3.61. The minimum absolute atomic E-state index is 0.0187. The summed E-state index contributed by atoms with van der Waals surface area (Å²) in [7, 11) is -3.11. The van der Waals surface area contributed by atoms with Crippen molar-refractivity contribution in [3.05, 3.63) is 0 Å². The van der Waals surface area contributed by atoms with E-state index < -0.39 is 9.84 Å². The van der Waals surface area contributed by atoms with E-state index >= 15 is 0 Å².